The van der Waals surface area contributed by atoms with E-state index < -0.39 is 345 Å². The largest absolute Gasteiger partial charge is 0.481 e. The number of carbonyl (C=O) groups is 8. The zero-order valence-electron chi connectivity index (χ0n) is 67.9. The summed E-state index contributed by atoms with van der Waals surface area (Å²) >= 11 is 7.04. The Morgan fingerprint density at radius 3 is 0.336 bits per heavy atom. The van der Waals surface area contributed by atoms with Crippen molar-refractivity contribution in [2.24, 2.45) is 0 Å². The van der Waals surface area contributed by atoms with Gasteiger partial charge in [0, 0.05) is 92.0 Å². The molecule has 48 nitrogen and oxygen atoms in total. The third-order valence-corrected chi connectivity index (χ3v) is 29.9. The van der Waals surface area contributed by atoms with E-state index in [1.54, 1.807) is 0 Å². The van der Waals surface area contributed by atoms with Gasteiger partial charge < -0.3 is 198 Å². The van der Waals surface area contributed by atoms with Crippen LogP contribution in [0.5, 0.6) is 0 Å². The molecule has 30 aliphatic rings. The first-order valence-corrected chi connectivity index (χ1v) is 49.7. The van der Waals surface area contributed by atoms with Crippen LogP contribution in [-0.2, 0) is 114 Å². The van der Waals surface area contributed by atoms with E-state index in [9.17, 15) is 161 Å². The summed E-state index contributed by atoms with van der Waals surface area (Å²) in [5.41, 5.74) is 0. The minimum absolute atomic E-state index is 0.159. The van der Waals surface area contributed by atoms with E-state index in [1.165, 1.54) is 0 Å². The Morgan fingerprint density at radius 2 is 0.250 bits per heavy atom. The van der Waals surface area contributed by atoms with Crippen LogP contribution in [0.3, 0.4) is 0 Å². The van der Waals surface area contributed by atoms with Gasteiger partial charge in [-0.15, -0.1) is 0 Å². The van der Waals surface area contributed by atoms with Crippen LogP contribution in [0.2, 0.25) is 0 Å². The normalized spacial score (nSPS) is 41.5. The summed E-state index contributed by atoms with van der Waals surface area (Å²) in [5, 5.41) is 272. The van der Waals surface area contributed by atoms with Crippen molar-refractivity contribution in [2.75, 3.05) is 92.0 Å². The molecule has 30 saturated heterocycles. The second-order valence-corrected chi connectivity index (χ2v) is 39.9. The number of hydrogen-bond acceptors (Lipinski definition) is 48. The van der Waals surface area contributed by atoms with E-state index in [4.69, 9.17) is 75.8 Å². The van der Waals surface area contributed by atoms with Gasteiger partial charge in [0.05, 0.1) is 100 Å². The molecule has 0 amide bonds. The number of thioether (sulfide) groups is 8. The molecule has 0 spiro atoms. The predicted molar refractivity (Wildman–Crippen MR) is 441 cm³/mol. The molecule has 16 bridgehead atoms. The predicted octanol–water partition coefficient (Wildman–Crippen LogP) is -7.68. The molecule has 0 aromatic carbocycles. The van der Waals surface area contributed by atoms with E-state index >= 15 is 0 Å². The number of carboxylic acids is 8. The van der Waals surface area contributed by atoms with Crippen molar-refractivity contribution < 1.29 is 237 Å². The monoisotopic (exact) mass is 2000 g/mol. The number of hydrogen-bond donors (Lipinski definition) is 24. The van der Waals surface area contributed by atoms with Crippen molar-refractivity contribution in [2.45, 2.75) is 297 Å². The Morgan fingerprint density at radius 1 is 0.156 bits per heavy atom. The SMILES string of the molecule is O=C(O)CCSC[C@H]1O[C@@H]2O[C@H]3[C@H](O)[C@@H](O)[C@@H](O[C@H]4[C@H](O)[C@@H](O)[C@@H](O[C@H]5[C@H](O)[C@@H](O)[C@@H](O[C@H]6[C@H](O)[C@@H](O)[C@@H](O[C@H]7[C@H](O)[C@@H](O)[C@@H](O[C@H]8[C@H](O)[C@@H](O)[C@@H](O[C@H]9[C@H](O)[C@@H](O)[C@@H](O[C@H]1[C@H](O)[C@@H]2O)O[C@@H]9CSCCC(=O)O)O[C@@H]8CSCCC(=O)O)O[C@@H]7CSCCC(=O)O)O[C@@H]6CSCCC(=O)O)O[C@@H]5CSCCC(=O)O)O[C@@H]4CSCCC(=O)O)O[C@@H]3CSCCC(=O)O. The fourth-order valence-electron chi connectivity index (χ4n) is 14.7. The lowest BCUT2D eigenvalue weighted by molar-refractivity contribution is -0.396. The summed E-state index contributed by atoms with van der Waals surface area (Å²) in [7, 11) is 0. The van der Waals surface area contributed by atoms with Gasteiger partial charge in [-0.3, -0.25) is 38.4 Å². The van der Waals surface area contributed by atoms with Crippen molar-refractivity contribution in [3.05, 3.63) is 0 Å². The first-order valence-electron chi connectivity index (χ1n) is 40.5. The molecule has 30 heterocycles. The van der Waals surface area contributed by atoms with Gasteiger partial charge in [0.2, 0.25) is 0 Å². The lowest BCUT2D eigenvalue weighted by Gasteiger charge is -2.51. The van der Waals surface area contributed by atoms with Crippen molar-refractivity contribution >= 4 is 142 Å². The topological polar surface area (TPSA) is 770 Å². The van der Waals surface area contributed by atoms with Crippen LogP contribution >= 0.6 is 94.1 Å². The number of aliphatic hydroxyl groups is 16. The smallest absolute Gasteiger partial charge is 0.304 e. The van der Waals surface area contributed by atoms with Crippen LogP contribution in [0.4, 0.5) is 0 Å². The molecule has 0 aliphatic carbocycles. The van der Waals surface area contributed by atoms with Gasteiger partial charge in [0.15, 0.2) is 50.3 Å². The zero-order valence-corrected chi connectivity index (χ0v) is 74.4. The van der Waals surface area contributed by atoms with E-state index in [0.717, 1.165) is 94.1 Å². The van der Waals surface area contributed by atoms with E-state index in [1.807, 2.05) is 0 Å². The van der Waals surface area contributed by atoms with Crippen LogP contribution < -0.4 is 0 Å². The Balaban J connectivity index is 1.12. The average molecular weight is 2000 g/mol. The highest BCUT2D eigenvalue weighted by molar-refractivity contribution is 8.00. The summed E-state index contributed by atoms with van der Waals surface area (Å²) in [6, 6.07) is 0. The highest BCUT2D eigenvalue weighted by Crippen LogP contribution is 2.43. The molecular formula is C72H112O48S8. The quantitative estimate of drug-likeness (QED) is 0.0253. The molecule has 56 heteroatoms. The molecule has 0 radical (unpaired) electrons. The standard InChI is InChI=1S/C72H112O48S8/c73-33(74)1-9-121-17-25-57-41(89)49(97)65(105-25)114-58-26(18-122-10-2-34(75)76)107-67(51(99)43(58)91)116-60-28(20-124-12-4-36(79)80)109-69(53(101)45(60)93)118-62-30(22-126-14-6-38(83)84)111-71(55(103)47(62)95)120-64-32(24-128-16-8-40(87)88)112-72(56(104)48(64)96)119-63-31(23-127-15-7-39(85)86)110-70(54(102)46(63)94)117-61-29(21-125-13-5-37(81)82)108-68(52(100)44(61)92)115-59-27(19-123-11-3-35(77)78)106-66(113-57)50(98)42(59)90/h25-32,41-72,89-104H,1-24H2,(H,73,74)(H,75,76)(H,77,78)(H,79,80)(H,81,82)(H,83,84)(H,85,86)(H,87,88)/t25-,26-,27-,28-,29-,30-,31-,32-,41-,42-,43-,44-,45-,46-,47-,48-,49-,50-,51-,52-,53-,54-,55-,56+,57-,58-,59-,60-,61-,62-,63-,64-,65-,66-,67-,68-,69-,70-,71-,72-/m1/s1. The molecule has 0 aromatic rings. The summed E-state index contributed by atoms with van der Waals surface area (Å²) < 4.78 is 100. The molecule has 40 atom stereocenters. The second-order valence-electron chi connectivity index (χ2n) is 30.7. The third-order valence-electron chi connectivity index (χ3n) is 21.4. The maximum absolute atomic E-state index is 12.3. The maximum Gasteiger partial charge on any atom is 0.304 e. The number of aliphatic hydroxyl groups excluding tert-OH is 16. The summed E-state index contributed by atoms with van der Waals surface area (Å²) in [6.45, 7) is 0. The Labute approximate surface area is 763 Å². The number of ether oxygens (including phenoxy) is 16. The van der Waals surface area contributed by atoms with Crippen LogP contribution in [0.15, 0.2) is 0 Å². The Bertz CT molecular complexity index is 2830. The van der Waals surface area contributed by atoms with E-state index in [0.29, 0.717) is 0 Å². The molecule has 30 aliphatic heterocycles. The van der Waals surface area contributed by atoms with Crippen LogP contribution in [-0.4, -0.2) is 508 Å². The Hall–Kier alpha value is -2.72. The summed E-state index contributed by atoms with van der Waals surface area (Å²) in [5.74, 6) is -14.4. The number of aliphatic carboxylic acids is 8. The molecule has 0 unspecified atom stereocenters. The van der Waals surface area contributed by atoms with Gasteiger partial charge in [0.1, 0.15) is 146 Å². The van der Waals surface area contributed by atoms with Gasteiger partial charge in [-0.25, -0.2) is 0 Å². The van der Waals surface area contributed by atoms with Crippen molar-refractivity contribution in [3.63, 3.8) is 0 Å². The fourth-order valence-corrected chi connectivity index (χ4v) is 22.6. The lowest BCUT2D eigenvalue weighted by atomic mass is 9.95. The summed E-state index contributed by atoms with van der Waals surface area (Å²) in [6.07, 6.45) is -85.9. The molecular weight excluding hydrogens is 1890 g/mol. The van der Waals surface area contributed by atoms with Gasteiger partial charge >= 0.3 is 47.8 Å². The molecule has 0 aromatic heterocycles. The first-order chi connectivity index (χ1) is 60.7. The van der Waals surface area contributed by atoms with E-state index in [2.05, 4.69) is 0 Å². The lowest BCUT2D eigenvalue weighted by Crippen LogP contribution is -2.69. The average Bonchev–Trinajstić information content (AvgIpc) is 0.766. The van der Waals surface area contributed by atoms with Gasteiger partial charge in [-0.05, 0) is 0 Å². The van der Waals surface area contributed by atoms with Crippen LogP contribution in [0, 0.1) is 0 Å². The highest BCUT2D eigenvalue weighted by atomic mass is 32.2. The molecule has 0 saturated carbocycles. The Kier molecular flexibility index (Phi) is 44.9. The third kappa shape index (κ3) is 30.6. The van der Waals surface area contributed by atoms with Gasteiger partial charge in [-0.1, -0.05) is 0 Å². The minimum atomic E-state index is -2.33. The number of rotatable bonds is 40. The molecule has 736 valence electrons. The molecule has 24 N–H and O–H groups in total. The van der Waals surface area contributed by atoms with Crippen molar-refractivity contribution in [1.29, 1.82) is 0 Å². The first kappa shape index (κ1) is 109. The maximum atomic E-state index is 12.3. The van der Waals surface area contributed by atoms with Crippen molar-refractivity contribution in [3.8, 4) is 0 Å². The van der Waals surface area contributed by atoms with Gasteiger partial charge in [-0.2, -0.15) is 94.1 Å². The van der Waals surface area contributed by atoms with E-state index in [-0.39, 0.29) is 92.0 Å². The molecule has 30 fully saturated rings. The van der Waals surface area contributed by atoms with Crippen LogP contribution in [0.1, 0.15) is 51.4 Å². The second kappa shape index (κ2) is 52.7. The zero-order chi connectivity index (χ0) is 93.7. The number of carboxylic acid groups (broad SMARTS) is 8. The van der Waals surface area contributed by atoms with Crippen molar-refractivity contribution in [1.82, 2.24) is 0 Å². The molecule has 128 heavy (non-hydrogen) atoms. The van der Waals surface area contributed by atoms with Crippen LogP contribution in [0.25, 0.3) is 0 Å². The summed E-state index contributed by atoms with van der Waals surface area (Å²) in [4.78, 5) is 94.3. The molecule has 30 rings (SSSR count). The minimum Gasteiger partial charge on any atom is -0.481 e. The van der Waals surface area contributed by atoms with Gasteiger partial charge in [0.25, 0.3) is 0 Å². The highest BCUT2D eigenvalue weighted by Gasteiger charge is 2.61. The fraction of sp³-hybridized carbons (Fsp3) is 0.889.